The molecule has 1 aromatic rings. The summed E-state index contributed by atoms with van der Waals surface area (Å²) in [6, 6.07) is 7.39. The van der Waals surface area contributed by atoms with Gasteiger partial charge >= 0.3 is 0 Å². The number of fused-ring (bicyclic) bond motifs is 1. The summed E-state index contributed by atoms with van der Waals surface area (Å²) in [6.07, 6.45) is 1.80. The van der Waals surface area contributed by atoms with E-state index in [0.29, 0.717) is 50.1 Å². The first-order valence-corrected chi connectivity index (χ1v) is 10.3. The van der Waals surface area contributed by atoms with Gasteiger partial charge in [-0.05, 0) is 37.4 Å². The maximum atomic E-state index is 12.8. The molecule has 2 fully saturated rings. The number of nitrogens with zero attached hydrogens (tertiary/aromatic N) is 3. The fourth-order valence-electron chi connectivity index (χ4n) is 4.24. The van der Waals surface area contributed by atoms with Gasteiger partial charge in [0.25, 0.3) is 5.91 Å². The summed E-state index contributed by atoms with van der Waals surface area (Å²) < 4.78 is 11.5. The molecule has 152 valence electrons. The molecule has 7 nitrogen and oxygen atoms in total. The first-order chi connectivity index (χ1) is 13.6. The molecule has 0 bridgehead atoms. The Bertz CT molecular complexity index is 717. The Morgan fingerprint density at radius 2 is 1.75 bits per heavy atom. The molecule has 2 atom stereocenters. The van der Waals surface area contributed by atoms with Gasteiger partial charge in [-0.25, -0.2) is 0 Å². The number of hydrogen-bond acceptors (Lipinski definition) is 5. The van der Waals surface area contributed by atoms with E-state index in [9.17, 15) is 9.59 Å². The van der Waals surface area contributed by atoms with Crippen molar-refractivity contribution >= 4 is 11.8 Å². The third kappa shape index (κ3) is 4.24. The summed E-state index contributed by atoms with van der Waals surface area (Å²) in [4.78, 5) is 31.4. The van der Waals surface area contributed by atoms with E-state index >= 15 is 0 Å². The van der Waals surface area contributed by atoms with Crippen LogP contribution in [0.4, 0.5) is 0 Å². The molecule has 0 aromatic heterocycles. The second kappa shape index (κ2) is 8.39. The summed E-state index contributed by atoms with van der Waals surface area (Å²) in [6.45, 7) is 7.23. The van der Waals surface area contributed by atoms with Crippen LogP contribution in [0.5, 0.6) is 11.5 Å². The first kappa shape index (κ1) is 19.1. The molecule has 0 spiro atoms. The van der Waals surface area contributed by atoms with Crippen molar-refractivity contribution in [3.05, 3.63) is 24.3 Å². The number of benzene rings is 1. The van der Waals surface area contributed by atoms with E-state index in [1.165, 1.54) is 12.8 Å². The van der Waals surface area contributed by atoms with Gasteiger partial charge in [0, 0.05) is 32.7 Å². The normalized spacial score (nSPS) is 25.5. The van der Waals surface area contributed by atoms with Crippen LogP contribution in [-0.4, -0.2) is 85.0 Å². The number of rotatable bonds is 3. The van der Waals surface area contributed by atoms with Crippen LogP contribution in [0.25, 0.3) is 0 Å². The SMILES string of the molecule is CC1CCCN(CC(=O)N2CCN(C(=O)C3COc4ccccc4O3)CC2)C1. The zero-order chi connectivity index (χ0) is 19.5. The van der Waals surface area contributed by atoms with Crippen LogP contribution in [-0.2, 0) is 9.59 Å². The average Bonchev–Trinajstić information content (AvgIpc) is 2.73. The monoisotopic (exact) mass is 387 g/mol. The van der Waals surface area contributed by atoms with Gasteiger partial charge in [0.15, 0.2) is 11.5 Å². The molecule has 2 amide bonds. The molecule has 1 aromatic carbocycles. The summed E-state index contributed by atoms with van der Waals surface area (Å²) in [5.41, 5.74) is 0. The minimum absolute atomic E-state index is 0.0635. The van der Waals surface area contributed by atoms with Crippen molar-refractivity contribution in [3.63, 3.8) is 0 Å². The lowest BCUT2D eigenvalue weighted by molar-refractivity contribution is -0.146. The highest BCUT2D eigenvalue weighted by molar-refractivity contribution is 5.83. The van der Waals surface area contributed by atoms with Crippen LogP contribution in [0.1, 0.15) is 19.8 Å². The quantitative estimate of drug-likeness (QED) is 0.781. The molecular formula is C21H29N3O4. The van der Waals surface area contributed by atoms with Crippen molar-refractivity contribution in [1.29, 1.82) is 0 Å². The minimum atomic E-state index is -0.619. The Hall–Kier alpha value is -2.28. The maximum absolute atomic E-state index is 12.8. The number of piperazine rings is 1. The van der Waals surface area contributed by atoms with Gasteiger partial charge in [0.1, 0.15) is 6.61 Å². The third-order valence-electron chi connectivity index (χ3n) is 5.83. The number of carbonyl (C=O) groups excluding carboxylic acids is 2. The third-order valence-corrected chi connectivity index (χ3v) is 5.83. The lowest BCUT2D eigenvalue weighted by atomic mass is 10.0. The number of para-hydroxylation sites is 2. The van der Waals surface area contributed by atoms with E-state index in [4.69, 9.17) is 9.47 Å². The standard InChI is InChI=1S/C21H29N3O4/c1-16-5-4-8-22(13-16)14-20(25)23-9-11-24(12-10-23)21(26)19-15-27-17-6-2-3-7-18(17)28-19/h2-3,6-7,16,19H,4-5,8-15H2,1H3. The Balaban J connectivity index is 1.26. The average molecular weight is 387 g/mol. The molecule has 0 radical (unpaired) electrons. The van der Waals surface area contributed by atoms with Crippen molar-refractivity contribution in [1.82, 2.24) is 14.7 Å². The van der Waals surface area contributed by atoms with Gasteiger partial charge in [-0.3, -0.25) is 14.5 Å². The number of likely N-dealkylation sites (tertiary alicyclic amines) is 1. The zero-order valence-corrected chi connectivity index (χ0v) is 16.5. The van der Waals surface area contributed by atoms with E-state index in [2.05, 4.69) is 11.8 Å². The van der Waals surface area contributed by atoms with E-state index in [1.807, 2.05) is 29.2 Å². The number of amides is 2. The lowest BCUT2D eigenvalue weighted by Gasteiger charge is -2.38. The number of hydrogen-bond donors (Lipinski definition) is 0. The molecule has 3 aliphatic rings. The highest BCUT2D eigenvalue weighted by Crippen LogP contribution is 2.31. The lowest BCUT2D eigenvalue weighted by Crippen LogP contribution is -2.56. The molecule has 28 heavy (non-hydrogen) atoms. The van der Waals surface area contributed by atoms with Crippen molar-refractivity contribution in [2.24, 2.45) is 5.92 Å². The van der Waals surface area contributed by atoms with Crippen molar-refractivity contribution in [2.75, 3.05) is 52.4 Å². The Morgan fingerprint density at radius 1 is 1.04 bits per heavy atom. The molecule has 0 aliphatic carbocycles. The van der Waals surface area contributed by atoms with Gasteiger partial charge < -0.3 is 19.3 Å². The summed E-state index contributed by atoms with van der Waals surface area (Å²) >= 11 is 0. The highest BCUT2D eigenvalue weighted by atomic mass is 16.6. The van der Waals surface area contributed by atoms with Gasteiger partial charge in [0.2, 0.25) is 12.0 Å². The predicted molar refractivity (Wildman–Crippen MR) is 104 cm³/mol. The number of carbonyl (C=O) groups is 2. The van der Waals surface area contributed by atoms with Gasteiger partial charge in [-0.2, -0.15) is 0 Å². The van der Waals surface area contributed by atoms with Crippen LogP contribution in [0, 0.1) is 5.92 Å². The summed E-state index contributed by atoms with van der Waals surface area (Å²) in [5.74, 6) is 2.06. The predicted octanol–water partition coefficient (Wildman–Crippen LogP) is 1.23. The fraction of sp³-hybridized carbons (Fsp3) is 0.619. The second-order valence-electron chi connectivity index (χ2n) is 8.05. The Morgan fingerprint density at radius 3 is 2.50 bits per heavy atom. The van der Waals surface area contributed by atoms with E-state index in [1.54, 1.807) is 4.90 Å². The smallest absolute Gasteiger partial charge is 0.267 e. The van der Waals surface area contributed by atoms with Crippen molar-refractivity contribution < 1.29 is 19.1 Å². The maximum Gasteiger partial charge on any atom is 0.267 e. The topological polar surface area (TPSA) is 62.3 Å². The number of ether oxygens (including phenoxy) is 2. The van der Waals surface area contributed by atoms with Crippen LogP contribution < -0.4 is 9.47 Å². The highest BCUT2D eigenvalue weighted by Gasteiger charge is 2.33. The molecule has 2 unspecified atom stereocenters. The molecule has 3 aliphatic heterocycles. The second-order valence-corrected chi connectivity index (χ2v) is 8.05. The Labute approximate surface area is 166 Å². The molecule has 2 saturated heterocycles. The van der Waals surface area contributed by atoms with Crippen LogP contribution in [0.3, 0.4) is 0 Å². The molecular weight excluding hydrogens is 358 g/mol. The first-order valence-electron chi connectivity index (χ1n) is 10.3. The molecule has 4 rings (SSSR count). The van der Waals surface area contributed by atoms with Crippen molar-refractivity contribution in [3.8, 4) is 11.5 Å². The van der Waals surface area contributed by atoms with Gasteiger partial charge in [-0.15, -0.1) is 0 Å². The van der Waals surface area contributed by atoms with Gasteiger partial charge in [-0.1, -0.05) is 19.1 Å². The zero-order valence-electron chi connectivity index (χ0n) is 16.5. The molecule has 7 heteroatoms. The Kier molecular flexibility index (Phi) is 5.71. The largest absolute Gasteiger partial charge is 0.485 e. The van der Waals surface area contributed by atoms with Crippen LogP contribution >= 0.6 is 0 Å². The molecule has 0 N–H and O–H groups in total. The molecule has 3 heterocycles. The summed E-state index contributed by atoms with van der Waals surface area (Å²) in [5, 5.41) is 0. The fourth-order valence-corrected chi connectivity index (χ4v) is 4.24. The van der Waals surface area contributed by atoms with E-state index in [-0.39, 0.29) is 18.4 Å². The van der Waals surface area contributed by atoms with Crippen LogP contribution in [0.2, 0.25) is 0 Å². The molecule has 0 saturated carbocycles. The van der Waals surface area contributed by atoms with Gasteiger partial charge in [0.05, 0.1) is 6.54 Å². The van der Waals surface area contributed by atoms with Crippen molar-refractivity contribution in [2.45, 2.75) is 25.9 Å². The summed E-state index contributed by atoms with van der Waals surface area (Å²) in [7, 11) is 0. The minimum Gasteiger partial charge on any atom is -0.485 e. The van der Waals surface area contributed by atoms with E-state index in [0.717, 1.165) is 13.1 Å². The number of piperidine rings is 1. The van der Waals surface area contributed by atoms with Crippen LogP contribution in [0.15, 0.2) is 24.3 Å². The van der Waals surface area contributed by atoms with E-state index < -0.39 is 6.10 Å².